The molecule has 0 saturated carbocycles. The predicted octanol–water partition coefficient (Wildman–Crippen LogP) is 8.76. The fourth-order valence-corrected chi connectivity index (χ4v) is 2.95. The van der Waals surface area contributed by atoms with E-state index in [0.717, 1.165) is 31.6 Å². The van der Waals surface area contributed by atoms with E-state index >= 15 is 0 Å². The number of allylic oxidation sites excluding steroid dienone is 10. The third-order valence-corrected chi connectivity index (χ3v) is 4.73. The summed E-state index contributed by atoms with van der Waals surface area (Å²) in [5, 5.41) is 0. The first kappa shape index (κ1) is 24.4. The van der Waals surface area contributed by atoms with E-state index in [-0.39, 0.29) is 0 Å². The van der Waals surface area contributed by atoms with Gasteiger partial charge in [-0.25, -0.2) is 0 Å². The van der Waals surface area contributed by atoms with Crippen molar-refractivity contribution in [1.82, 2.24) is 0 Å². The molecule has 0 fully saturated rings. The van der Waals surface area contributed by atoms with Gasteiger partial charge in [0, 0.05) is 0 Å². The van der Waals surface area contributed by atoms with Gasteiger partial charge in [-0.05, 0) is 77.0 Å². The Bertz CT molecular complexity index is 484. The molecule has 0 saturated heterocycles. The van der Waals surface area contributed by atoms with E-state index in [0.29, 0.717) is 5.92 Å². The minimum atomic E-state index is 0.651. The molecule has 146 valence electrons. The van der Waals surface area contributed by atoms with Crippen molar-refractivity contribution in [2.24, 2.45) is 11.8 Å². The maximum atomic E-state index is 3.80. The number of hydrogen-bond acceptors (Lipinski definition) is 0. The van der Waals surface area contributed by atoms with Crippen LogP contribution < -0.4 is 0 Å². The lowest BCUT2D eigenvalue weighted by Crippen LogP contribution is -1.94. The fraction of sp³-hybridized carbons (Fsp3) is 0.538. The van der Waals surface area contributed by atoms with E-state index in [9.17, 15) is 0 Å². The van der Waals surface area contributed by atoms with Crippen LogP contribution in [0.25, 0.3) is 0 Å². The summed E-state index contributed by atoms with van der Waals surface area (Å²) in [5.74, 6) is 1.44. The second kappa shape index (κ2) is 16.9. The molecule has 0 radical (unpaired) electrons. The second-order valence-corrected chi connectivity index (χ2v) is 7.70. The standard InChI is InChI=1S/C26H42/c1-7-9-11-13-17-23(3)20-21-24(4)18-14-12-15-19-26(6)22-25(5)16-10-8-2/h7-9,11-12,15,18,22-23,25H,1-2,10,13-14,16-17,19-21H2,3-6H3. The van der Waals surface area contributed by atoms with Gasteiger partial charge in [-0.2, -0.15) is 0 Å². The van der Waals surface area contributed by atoms with Gasteiger partial charge in [0.05, 0.1) is 0 Å². The van der Waals surface area contributed by atoms with Crippen LogP contribution in [0, 0.1) is 11.8 Å². The van der Waals surface area contributed by atoms with Crippen LogP contribution in [0.15, 0.2) is 72.9 Å². The molecule has 0 heteroatoms. The maximum Gasteiger partial charge on any atom is -0.0141 e. The molecule has 2 atom stereocenters. The van der Waals surface area contributed by atoms with Gasteiger partial charge in [-0.3, -0.25) is 0 Å². The van der Waals surface area contributed by atoms with Crippen LogP contribution >= 0.6 is 0 Å². The molecule has 0 aliphatic heterocycles. The van der Waals surface area contributed by atoms with E-state index in [1.165, 1.54) is 36.8 Å². The van der Waals surface area contributed by atoms with E-state index in [1.54, 1.807) is 0 Å². The third kappa shape index (κ3) is 15.9. The summed E-state index contributed by atoms with van der Waals surface area (Å²) < 4.78 is 0. The predicted molar refractivity (Wildman–Crippen MR) is 121 cm³/mol. The lowest BCUT2D eigenvalue weighted by atomic mass is 9.97. The van der Waals surface area contributed by atoms with Crippen LogP contribution in [0.1, 0.15) is 79.1 Å². The lowest BCUT2D eigenvalue weighted by molar-refractivity contribution is 0.496. The van der Waals surface area contributed by atoms with Gasteiger partial charge in [0.2, 0.25) is 0 Å². The summed E-state index contributed by atoms with van der Waals surface area (Å²) in [6.07, 6.45) is 26.9. The van der Waals surface area contributed by atoms with Gasteiger partial charge in [0.1, 0.15) is 0 Å². The molecule has 0 heterocycles. The van der Waals surface area contributed by atoms with Gasteiger partial charge in [0.25, 0.3) is 0 Å². The first-order chi connectivity index (χ1) is 12.5. The van der Waals surface area contributed by atoms with E-state index in [4.69, 9.17) is 0 Å². The maximum absolute atomic E-state index is 3.80. The molecule has 0 aromatic carbocycles. The monoisotopic (exact) mass is 354 g/mol. The minimum Gasteiger partial charge on any atom is -0.103 e. The van der Waals surface area contributed by atoms with Crippen molar-refractivity contribution in [1.29, 1.82) is 0 Å². The molecule has 0 aliphatic rings. The molecular formula is C26H42. The van der Waals surface area contributed by atoms with Crippen molar-refractivity contribution >= 4 is 0 Å². The van der Waals surface area contributed by atoms with Gasteiger partial charge >= 0.3 is 0 Å². The Morgan fingerprint density at radius 3 is 2.35 bits per heavy atom. The molecule has 0 aromatic rings. The number of rotatable bonds is 15. The van der Waals surface area contributed by atoms with Crippen molar-refractivity contribution in [2.75, 3.05) is 0 Å². The summed E-state index contributed by atoms with van der Waals surface area (Å²) in [6, 6.07) is 0. The average Bonchev–Trinajstić information content (AvgIpc) is 2.61. The van der Waals surface area contributed by atoms with E-state index in [1.807, 2.05) is 18.2 Å². The molecule has 0 bridgehead atoms. The van der Waals surface area contributed by atoms with Crippen LogP contribution in [-0.4, -0.2) is 0 Å². The Morgan fingerprint density at radius 1 is 0.885 bits per heavy atom. The van der Waals surface area contributed by atoms with Crippen molar-refractivity contribution in [3.8, 4) is 0 Å². The molecule has 0 spiro atoms. The molecule has 0 N–H and O–H groups in total. The summed E-state index contributed by atoms with van der Waals surface area (Å²) in [4.78, 5) is 0. The van der Waals surface area contributed by atoms with E-state index < -0.39 is 0 Å². The quantitative estimate of drug-likeness (QED) is 0.204. The Hall–Kier alpha value is -1.56. The fourth-order valence-electron chi connectivity index (χ4n) is 2.95. The highest BCUT2D eigenvalue weighted by Crippen LogP contribution is 2.17. The number of hydrogen-bond donors (Lipinski definition) is 0. The molecule has 26 heavy (non-hydrogen) atoms. The third-order valence-electron chi connectivity index (χ3n) is 4.73. The summed E-state index contributed by atoms with van der Waals surface area (Å²) >= 11 is 0. The van der Waals surface area contributed by atoms with Crippen molar-refractivity contribution < 1.29 is 0 Å². The molecule has 0 aliphatic carbocycles. The normalized spacial score (nSPS) is 15.5. The zero-order valence-corrected chi connectivity index (χ0v) is 17.8. The van der Waals surface area contributed by atoms with Crippen molar-refractivity contribution in [3.63, 3.8) is 0 Å². The smallest absolute Gasteiger partial charge is 0.0141 e. The topological polar surface area (TPSA) is 0 Å². The molecule has 0 nitrogen and oxygen atoms in total. The van der Waals surface area contributed by atoms with Crippen molar-refractivity contribution in [2.45, 2.75) is 79.1 Å². The highest BCUT2D eigenvalue weighted by atomic mass is 14.1. The minimum absolute atomic E-state index is 0.651. The summed E-state index contributed by atoms with van der Waals surface area (Å²) in [6.45, 7) is 16.7. The van der Waals surface area contributed by atoms with Crippen molar-refractivity contribution in [3.05, 3.63) is 72.9 Å². The molecule has 0 aromatic heterocycles. The first-order valence-corrected chi connectivity index (χ1v) is 10.4. The SMILES string of the molecule is C=CC=CCCC(C)CCC(C)=CCC=CCC(C)=CC(C)CCC=C. The highest BCUT2D eigenvalue weighted by Gasteiger charge is 2.01. The Labute approximate surface area is 164 Å². The molecule has 2 unspecified atom stereocenters. The Kier molecular flexibility index (Phi) is 15.9. The van der Waals surface area contributed by atoms with Crippen LogP contribution in [0.5, 0.6) is 0 Å². The lowest BCUT2D eigenvalue weighted by Gasteiger charge is -2.09. The van der Waals surface area contributed by atoms with Gasteiger partial charge in [-0.1, -0.05) is 80.2 Å². The first-order valence-electron chi connectivity index (χ1n) is 10.4. The summed E-state index contributed by atoms with van der Waals surface area (Å²) in [7, 11) is 0. The second-order valence-electron chi connectivity index (χ2n) is 7.70. The van der Waals surface area contributed by atoms with Gasteiger partial charge in [-0.15, -0.1) is 6.58 Å². The molecule has 0 rings (SSSR count). The Balaban J connectivity index is 3.98. The van der Waals surface area contributed by atoms with Crippen LogP contribution in [0.4, 0.5) is 0 Å². The van der Waals surface area contributed by atoms with Crippen LogP contribution in [0.2, 0.25) is 0 Å². The largest absolute Gasteiger partial charge is 0.103 e. The zero-order chi connectivity index (χ0) is 19.6. The van der Waals surface area contributed by atoms with Crippen LogP contribution in [-0.2, 0) is 0 Å². The average molecular weight is 355 g/mol. The Morgan fingerprint density at radius 2 is 1.65 bits per heavy atom. The summed E-state index contributed by atoms with van der Waals surface area (Å²) in [5.41, 5.74) is 2.99. The molecule has 0 amide bonds. The molecular weight excluding hydrogens is 312 g/mol. The van der Waals surface area contributed by atoms with E-state index in [2.05, 4.69) is 71.2 Å². The van der Waals surface area contributed by atoms with Gasteiger partial charge < -0.3 is 0 Å². The van der Waals surface area contributed by atoms with Crippen LogP contribution in [0.3, 0.4) is 0 Å². The zero-order valence-electron chi connectivity index (χ0n) is 17.8. The highest BCUT2D eigenvalue weighted by molar-refractivity contribution is 5.08. The van der Waals surface area contributed by atoms with Gasteiger partial charge in [0.15, 0.2) is 0 Å².